The number of carbonyl (C=O) groups excluding carboxylic acids is 2. The first-order valence-corrected chi connectivity index (χ1v) is 6.84. The number of rotatable bonds is 6. The molecule has 0 fully saturated rings. The molecule has 0 bridgehead atoms. The van der Waals surface area contributed by atoms with Gasteiger partial charge in [0, 0.05) is 0 Å². The molecule has 0 N–H and O–H groups in total. The largest absolute Gasteiger partial charge is 0.465 e. The number of aryl methyl sites for hydroxylation is 1. The van der Waals surface area contributed by atoms with Gasteiger partial charge in [-0.25, -0.2) is 0 Å². The molecule has 1 aromatic rings. The zero-order valence-corrected chi connectivity index (χ0v) is 12.6. The van der Waals surface area contributed by atoms with E-state index in [-0.39, 0.29) is 19.6 Å². The maximum Gasteiger partial charge on any atom is 0.323 e. The van der Waals surface area contributed by atoms with Gasteiger partial charge in [0.2, 0.25) is 0 Å². The summed E-state index contributed by atoms with van der Waals surface area (Å²) in [5.41, 5.74) is 0.686. The molecule has 0 aliphatic carbocycles. The van der Waals surface area contributed by atoms with Gasteiger partial charge in [-0.15, -0.1) is 0 Å². The Bertz CT molecular complexity index is 461. The van der Waals surface area contributed by atoms with Crippen LogP contribution in [0.25, 0.3) is 0 Å². The van der Waals surface area contributed by atoms with Crippen molar-refractivity contribution in [1.29, 1.82) is 0 Å². The van der Waals surface area contributed by atoms with Crippen molar-refractivity contribution in [2.45, 2.75) is 34.1 Å². The fourth-order valence-electron chi connectivity index (χ4n) is 2.04. The highest BCUT2D eigenvalue weighted by molar-refractivity contribution is 5.99. The lowest BCUT2D eigenvalue weighted by atomic mass is 9.83. The van der Waals surface area contributed by atoms with Gasteiger partial charge in [0.05, 0.1) is 13.2 Å². The molecule has 0 aliphatic heterocycles. The summed E-state index contributed by atoms with van der Waals surface area (Å²) in [4.78, 5) is 24.3. The molecule has 0 heterocycles. The van der Waals surface area contributed by atoms with E-state index in [9.17, 15) is 9.59 Å². The second kappa shape index (κ2) is 7.08. The first kappa shape index (κ1) is 16.2. The topological polar surface area (TPSA) is 52.6 Å². The van der Waals surface area contributed by atoms with Crippen LogP contribution < -0.4 is 0 Å². The molecular weight excluding hydrogens is 256 g/mol. The van der Waals surface area contributed by atoms with Gasteiger partial charge in [-0.1, -0.05) is 29.8 Å². The number of hydrogen-bond donors (Lipinski definition) is 0. The van der Waals surface area contributed by atoms with Crippen molar-refractivity contribution in [3.63, 3.8) is 0 Å². The van der Waals surface area contributed by atoms with Crippen LogP contribution in [0.4, 0.5) is 0 Å². The molecule has 0 aliphatic rings. The van der Waals surface area contributed by atoms with Gasteiger partial charge in [0.1, 0.15) is 0 Å². The van der Waals surface area contributed by atoms with E-state index in [4.69, 9.17) is 9.47 Å². The van der Waals surface area contributed by atoms with E-state index in [0.717, 1.165) is 11.1 Å². The van der Waals surface area contributed by atoms with Gasteiger partial charge in [-0.3, -0.25) is 9.59 Å². The van der Waals surface area contributed by atoms with E-state index < -0.39 is 17.4 Å². The molecule has 4 nitrogen and oxygen atoms in total. The third kappa shape index (κ3) is 3.83. The molecule has 1 rings (SSSR count). The van der Waals surface area contributed by atoms with E-state index in [1.807, 2.05) is 31.2 Å². The summed E-state index contributed by atoms with van der Waals surface area (Å²) in [6, 6.07) is 7.72. The van der Waals surface area contributed by atoms with E-state index in [2.05, 4.69) is 0 Å². The Morgan fingerprint density at radius 2 is 1.65 bits per heavy atom. The fourth-order valence-corrected chi connectivity index (χ4v) is 2.04. The lowest BCUT2D eigenvalue weighted by molar-refractivity contribution is -0.170. The van der Waals surface area contributed by atoms with Crippen LogP contribution in [0.2, 0.25) is 0 Å². The molecule has 20 heavy (non-hydrogen) atoms. The third-order valence-corrected chi connectivity index (χ3v) is 3.09. The van der Waals surface area contributed by atoms with E-state index in [1.54, 1.807) is 20.8 Å². The highest BCUT2D eigenvalue weighted by Crippen LogP contribution is 2.27. The average molecular weight is 278 g/mol. The van der Waals surface area contributed by atoms with Crippen molar-refractivity contribution < 1.29 is 19.1 Å². The summed E-state index contributed by atoms with van der Waals surface area (Å²) >= 11 is 0. The minimum Gasteiger partial charge on any atom is -0.465 e. The number of carbonyl (C=O) groups is 2. The van der Waals surface area contributed by atoms with Crippen LogP contribution in [-0.2, 0) is 25.5 Å². The van der Waals surface area contributed by atoms with Crippen LogP contribution >= 0.6 is 0 Å². The van der Waals surface area contributed by atoms with Crippen LogP contribution in [0, 0.1) is 12.3 Å². The molecule has 0 aromatic heterocycles. The first-order valence-electron chi connectivity index (χ1n) is 6.84. The van der Waals surface area contributed by atoms with Crippen LogP contribution in [0.15, 0.2) is 24.3 Å². The molecule has 110 valence electrons. The van der Waals surface area contributed by atoms with Gasteiger partial charge < -0.3 is 9.47 Å². The number of esters is 2. The average Bonchev–Trinajstić information content (AvgIpc) is 2.39. The minimum absolute atomic E-state index is 0.238. The molecule has 4 heteroatoms. The van der Waals surface area contributed by atoms with Crippen molar-refractivity contribution in [3.05, 3.63) is 35.4 Å². The molecular formula is C16H22O4. The maximum atomic E-state index is 12.1. The van der Waals surface area contributed by atoms with E-state index >= 15 is 0 Å². The molecule has 0 saturated carbocycles. The van der Waals surface area contributed by atoms with Crippen LogP contribution in [-0.4, -0.2) is 25.2 Å². The van der Waals surface area contributed by atoms with Gasteiger partial charge >= 0.3 is 11.9 Å². The quantitative estimate of drug-likeness (QED) is 0.593. The van der Waals surface area contributed by atoms with Crippen molar-refractivity contribution in [1.82, 2.24) is 0 Å². The van der Waals surface area contributed by atoms with Crippen LogP contribution in [0.5, 0.6) is 0 Å². The standard InChI is InChI=1S/C16H22O4/c1-5-19-14(17)16(4,15(18)20-6-2)11-13-9-7-8-12(3)10-13/h7-10H,5-6,11H2,1-4H3. The molecule has 0 saturated heterocycles. The van der Waals surface area contributed by atoms with Crippen molar-refractivity contribution in [3.8, 4) is 0 Å². The fraction of sp³-hybridized carbons (Fsp3) is 0.500. The summed E-state index contributed by atoms with van der Waals surface area (Å²) in [5, 5.41) is 0. The lowest BCUT2D eigenvalue weighted by Crippen LogP contribution is -2.41. The van der Waals surface area contributed by atoms with Crippen LogP contribution in [0.1, 0.15) is 31.9 Å². The SMILES string of the molecule is CCOC(=O)C(C)(Cc1cccc(C)c1)C(=O)OCC. The Morgan fingerprint density at radius 1 is 1.10 bits per heavy atom. The highest BCUT2D eigenvalue weighted by atomic mass is 16.6. The van der Waals surface area contributed by atoms with Crippen molar-refractivity contribution in [2.24, 2.45) is 5.41 Å². The highest BCUT2D eigenvalue weighted by Gasteiger charge is 2.44. The monoisotopic (exact) mass is 278 g/mol. The minimum atomic E-state index is -1.31. The molecule has 0 unspecified atom stereocenters. The Balaban J connectivity index is 3.04. The third-order valence-electron chi connectivity index (χ3n) is 3.09. The van der Waals surface area contributed by atoms with Crippen molar-refractivity contribution in [2.75, 3.05) is 13.2 Å². The van der Waals surface area contributed by atoms with E-state index in [1.165, 1.54) is 0 Å². The van der Waals surface area contributed by atoms with Crippen LogP contribution in [0.3, 0.4) is 0 Å². The molecule has 0 radical (unpaired) electrons. The summed E-state index contributed by atoms with van der Waals surface area (Å²) in [6.45, 7) is 7.45. The number of hydrogen-bond acceptors (Lipinski definition) is 4. The van der Waals surface area contributed by atoms with Gasteiger partial charge in [0.15, 0.2) is 5.41 Å². The smallest absolute Gasteiger partial charge is 0.323 e. The van der Waals surface area contributed by atoms with E-state index in [0.29, 0.717) is 0 Å². The Kier molecular flexibility index (Phi) is 5.74. The second-order valence-corrected chi connectivity index (χ2v) is 4.94. The predicted molar refractivity (Wildman–Crippen MR) is 76.3 cm³/mol. The summed E-state index contributed by atoms with van der Waals surface area (Å²) in [7, 11) is 0. The predicted octanol–water partition coefficient (Wildman–Crippen LogP) is 2.67. The summed E-state index contributed by atoms with van der Waals surface area (Å²) in [6.07, 6.45) is 0.270. The maximum absolute atomic E-state index is 12.1. The molecule has 1 aromatic carbocycles. The van der Waals surface area contributed by atoms with Gasteiger partial charge in [-0.2, -0.15) is 0 Å². The van der Waals surface area contributed by atoms with Crippen molar-refractivity contribution >= 4 is 11.9 Å². The Morgan fingerprint density at radius 3 is 2.10 bits per heavy atom. The number of ether oxygens (including phenoxy) is 2. The zero-order valence-electron chi connectivity index (χ0n) is 12.6. The first-order chi connectivity index (χ1) is 9.43. The Labute approximate surface area is 120 Å². The normalized spacial score (nSPS) is 11.0. The molecule has 0 spiro atoms. The second-order valence-electron chi connectivity index (χ2n) is 4.94. The summed E-state index contributed by atoms with van der Waals surface area (Å²) in [5.74, 6) is -1.08. The molecule has 0 amide bonds. The lowest BCUT2D eigenvalue weighted by Gasteiger charge is -2.25. The van der Waals surface area contributed by atoms with Gasteiger partial charge in [0.25, 0.3) is 0 Å². The number of benzene rings is 1. The molecule has 0 atom stereocenters. The zero-order chi connectivity index (χ0) is 15.2. The summed E-state index contributed by atoms with van der Waals surface area (Å²) < 4.78 is 10.1. The van der Waals surface area contributed by atoms with Gasteiger partial charge in [-0.05, 0) is 39.7 Å². The Hall–Kier alpha value is -1.84.